The van der Waals surface area contributed by atoms with Crippen LogP contribution < -0.4 is 10.6 Å². The highest BCUT2D eigenvalue weighted by Gasteiger charge is 2.45. The Morgan fingerprint density at radius 1 is 1.53 bits per heavy atom. The van der Waals surface area contributed by atoms with E-state index >= 15 is 0 Å². The van der Waals surface area contributed by atoms with Crippen molar-refractivity contribution in [3.63, 3.8) is 0 Å². The molecular weight excluding hydrogens is 213 g/mol. The fourth-order valence-electron chi connectivity index (χ4n) is 1.76. The van der Waals surface area contributed by atoms with Gasteiger partial charge in [0.25, 0.3) is 0 Å². The first-order valence-corrected chi connectivity index (χ1v) is 4.68. The van der Waals surface area contributed by atoms with E-state index in [1.165, 1.54) is 0 Å². The fraction of sp³-hybridized carbons (Fsp3) is 0.875. The quantitative estimate of drug-likeness (QED) is 0.662. The van der Waals surface area contributed by atoms with Crippen LogP contribution in [0.1, 0.15) is 12.8 Å². The minimum atomic E-state index is -4.27. The molecule has 0 aliphatic carbocycles. The summed E-state index contributed by atoms with van der Waals surface area (Å²) >= 11 is 0. The van der Waals surface area contributed by atoms with Crippen LogP contribution in [0.25, 0.3) is 0 Å². The maximum atomic E-state index is 12.5. The van der Waals surface area contributed by atoms with Gasteiger partial charge in [-0.25, -0.2) is 4.79 Å². The molecule has 2 atom stereocenters. The molecule has 0 bridgehead atoms. The summed E-state index contributed by atoms with van der Waals surface area (Å²) in [6, 6.07) is -0.852. The van der Waals surface area contributed by atoms with Crippen molar-refractivity contribution in [3.8, 4) is 0 Å². The van der Waals surface area contributed by atoms with Gasteiger partial charge >= 0.3 is 12.3 Å². The fourth-order valence-corrected chi connectivity index (χ4v) is 1.76. The summed E-state index contributed by atoms with van der Waals surface area (Å²) in [4.78, 5) is 10.2. The van der Waals surface area contributed by atoms with Crippen LogP contribution in [0.5, 0.6) is 0 Å². The highest BCUT2D eigenvalue weighted by Crippen LogP contribution is 2.33. The SMILES string of the molecule is O=C(O)NCC1NCCCC1C(F)(F)F. The van der Waals surface area contributed by atoms with Crippen molar-refractivity contribution in [3.05, 3.63) is 0 Å². The number of hydrogen-bond donors (Lipinski definition) is 3. The standard InChI is InChI=1S/C8H13F3N2O2/c9-8(10,11)5-2-1-3-12-6(5)4-13-7(14)15/h5-6,12-13H,1-4H2,(H,14,15). The van der Waals surface area contributed by atoms with Crippen LogP contribution in [-0.2, 0) is 0 Å². The number of rotatable bonds is 2. The van der Waals surface area contributed by atoms with E-state index in [0.29, 0.717) is 13.0 Å². The molecule has 1 amide bonds. The van der Waals surface area contributed by atoms with E-state index in [1.54, 1.807) is 0 Å². The molecule has 1 rings (SSSR count). The lowest BCUT2D eigenvalue weighted by atomic mass is 9.90. The third-order valence-electron chi connectivity index (χ3n) is 2.48. The Bertz CT molecular complexity index is 232. The van der Waals surface area contributed by atoms with Crippen molar-refractivity contribution >= 4 is 6.09 Å². The van der Waals surface area contributed by atoms with E-state index in [1.807, 2.05) is 5.32 Å². The maximum Gasteiger partial charge on any atom is 0.404 e. The monoisotopic (exact) mass is 226 g/mol. The van der Waals surface area contributed by atoms with Crippen LogP contribution in [0.15, 0.2) is 0 Å². The lowest BCUT2D eigenvalue weighted by Gasteiger charge is -2.33. The zero-order valence-electron chi connectivity index (χ0n) is 7.97. The van der Waals surface area contributed by atoms with Gasteiger partial charge in [0.15, 0.2) is 0 Å². The number of piperidine rings is 1. The molecule has 2 unspecified atom stereocenters. The molecule has 3 N–H and O–H groups in total. The summed E-state index contributed by atoms with van der Waals surface area (Å²) in [5.41, 5.74) is 0. The molecule has 1 fully saturated rings. The zero-order valence-corrected chi connectivity index (χ0v) is 7.97. The summed E-state index contributed by atoms with van der Waals surface area (Å²) in [5, 5.41) is 13.0. The number of nitrogens with one attached hydrogen (secondary N) is 2. The van der Waals surface area contributed by atoms with Gasteiger partial charge in [0.2, 0.25) is 0 Å². The second-order valence-electron chi connectivity index (χ2n) is 3.54. The van der Waals surface area contributed by atoms with Crippen molar-refractivity contribution in [1.82, 2.24) is 10.6 Å². The third kappa shape index (κ3) is 3.58. The van der Waals surface area contributed by atoms with E-state index < -0.39 is 24.2 Å². The predicted molar refractivity (Wildman–Crippen MR) is 46.6 cm³/mol. The molecule has 88 valence electrons. The number of hydrogen-bond acceptors (Lipinski definition) is 2. The van der Waals surface area contributed by atoms with E-state index in [2.05, 4.69) is 5.32 Å². The van der Waals surface area contributed by atoms with E-state index in [-0.39, 0.29) is 13.0 Å². The van der Waals surface area contributed by atoms with Gasteiger partial charge in [0.1, 0.15) is 0 Å². The maximum absolute atomic E-state index is 12.5. The lowest BCUT2D eigenvalue weighted by Crippen LogP contribution is -2.52. The number of carboxylic acid groups (broad SMARTS) is 1. The van der Waals surface area contributed by atoms with Crippen LogP contribution in [-0.4, -0.2) is 36.5 Å². The van der Waals surface area contributed by atoms with E-state index in [0.717, 1.165) is 0 Å². The van der Waals surface area contributed by atoms with E-state index in [9.17, 15) is 18.0 Å². The van der Waals surface area contributed by atoms with Gasteiger partial charge in [0.05, 0.1) is 5.92 Å². The first-order valence-electron chi connectivity index (χ1n) is 4.68. The van der Waals surface area contributed by atoms with Crippen molar-refractivity contribution < 1.29 is 23.1 Å². The Morgan fingerprint density at radius 2 is 2.20 bits per heavy atom. The van der Waals surface area contributed by atoms with E-state index in [4.69, 9.17) is 5.11 Å². The Morgan fingerprint density at radius 3 is 2.73 bits per heavy atom. The molecule has 1 aliphatic heterocycles. The van der Waals surface area contributed by atoms with Gasteiger partial charge in [-0.15, -0.1) is 0 Å². The Labute approximate surface area is 84.8 Å². The summed E-state index contributed by atoms with van der Waals surface area (Å²) < 4.78 is 37.5. The zero-order chi connectivity index (χ0) is 11.5. The average molecular weight is 226 g/mol. The molecule has 4 nitrogen and oxygen atoms in total. The second kappa shape index (κ2) is 4.69. The molecule has 0 radical (unpaired) electrons. The van der Waals surface area contributed by atoms with Crippen molar-refractivity contribution in [2.75, 3.05) is 13.1 Å². The summed E-state index contributed by atoms with van der Waals surface area (Å²) in [6.45, 7) is 0.290. The van der Waals surface area contributed by atoms with Crippen LogP contribution in [0.4, 0.5) is 18.0 Å². The Hall–Kier alpha value is -0.980. The van der Waals surface area contributed by atoms with Crippen molar-refractivity contribution in [2.45, 2.75) is 25.1 Å². The Balaban J connectivity index is 2.54. The third-order valence-corrected chi connectivity index (χ3v) is 2.48. The molecule has 7 heteroatoms. The topological polar surface area (TPSA) is 61.4 Å². The summed E-state index contributed by atoms with van der Waals surface area (Å²) in [5.74, 6) is -1.46. The lowest BCUT2D eigenvalue weighted by molar-refractivity contribution is -0.187. The largest absolute Gasteiger partial charge is 0.465 e. The van der Waals surface area contributed by atoms with Gasteiger partial charge in [-0.3, -0.25) is 0 Å². The normalized spacial score (nSPS) is 27.4. The highest BCUT2D eigenvalue weighted by atomic mass is 19.4. The molecule has 1 saturated heterocycles. The number of halogens is 3. The first-order chi connectivity index (χ1) is 6.91. The molecule has 0 spiro atoms. The minimum absolute atomic E-state index is 0.0580. The molecule has 0 aromatic rings. The highest BCUT2D eigenvalue weighted by molar-refractivity contribution is 5.64. The van der Waals surface area contributed by atoms with Crippen LogP contribution in [0, 0.1) is 5.92 Å². The molecule has 1 aliphatic rings. The van der Waals surface area contributed by atoms with Gasteiger partial charge in [-0.2, -0.15) is 13.2 Å². The summed E-state index contributed by atoms with van der Waals surface area (Å²) in [6.07, 6.45) is -5.04. The smallest absolute Gasteiger partial charge is 0.404 e. The Kier molecular flexibility index (Phi) is 3.78. The summed E-state index contributed by atoms with van der Waals surface area (Å²) in [7, 11) is 0. The van der Waals surface area contributed by atoms with Crippen LogP contribution in [0.2, 0.25) is 0 Å². The van der Waals surface area contributed by atoms with Crippen molar-refractivity contribution in [2.24, 2.45) is 5.92 Å². The van der Waals surface area contributed by atoms with Crippen molar-refractivity contribution in [1.29, 1.82) is 0 Å². The number of amides is 1. The van der Waals surface area contributed by atoms with Gasteiger partial charge in [-0.05, 0) is 19.4 Å². The van der Waals surface area contributed by atoms with Crippen LogP contribution in [0.3, 0.4) is 0 Å². The van der Waals surface area contributed by atoms with Gasteiger partial charge < -0.3 is 15.7 Å². The number of alkyl halides is 3. The minimum Gasteiger partial charge on any atom is -0.465 e. The second-order valence-corrected chi connectivity index (χ2v) is 3.54. The number of carbonyl (C=O) groups is 1. The predicted octanol–water partition coefficient (Wildman–Crippen LogP) is 1.18. The molecule has 0 aromatic heterocycles. The first kappa shape index (κ1) is 12.1. The van der Waals surface area contributed by atoms with Crippen LogP contribution >= 0.6 is 0 Å². The molecule has 0 aromatic carbocycles. The molecule has 0 saturated carbocycles. The average Bonchev–Trinajstić information content (AvgIpc) is 2.13. The molecule has 1 heterocycles. The molecule has 15 heavy (non-hydrogen) atoms. The van der Waals surface area contributed by atoms with Gasteiger partial charge in [-0.1, -0.05) is 0 Å². The molecular formula is C8H13F3N2O2. The van der Waals surface area contributed by atoms with Gasteiger partial charge in [0, 0.05) is 12.6 Å².